The van der Waals surface area contributed by atoms with Crippen LogP contribution in [0.4, 0.5) is 0 Å². The third kappa shape index (κ3) is 6.31. The van der Waals surface area contributed by atoms with Crippen LogP contribution in [0.5, 0.6) is 11.5 Å². The predicted octanol–water partition coefficient (Wildman–Crippen LogP) is 4.26. The maximum atomic E-state index is 9.89. The molecule has 0 saturated carbocycles. The molecule has 0 aliphatic heterocycles. The van der Waals surface area contributed by atoms with Gasteiger partial charge in [0.2, 0.25) is 0 Å². The molecule has 0 aliphatic carbocycles. The van der Waals surface area contributed by atoms with Crippen LogP contribution in [0.1, 0.15) is 37.8 Å². The Hall–Kier alpha value is -2.20. The molecular formula is C21H27BO3. The van der Waals surface area contributed by atoms with E-state index in [-0.39, 0.29) is 0 Å². The van der Waals surface area contributed by atoms with Crippen LogP contribution in [-0.4, -0.2) is 25.2 Å². The Morgan fingerprint density at radius 2 is 1.44 bits per heavy atom. The lowest BCUT2D eigenvalue weighted by Crippen LogP contribution is -2.26. The number of hydrogen-bond donors (Lipinski definition) is 1. The third-order valence-corrected chi connectivity index (χ3v) is 3.73. The molecule has 2 aromatic carbocycles. The van der Waals surface area contributed by atoms with Gasteiger partial charge in [0.1, 0.15) is 11.5 Å². The lowest BCUT2D eigenvalue weighted by molar-refractivity contribution is 0.317. The number of hydrogen-bond acceptors (Lipinski definition) is 3. The molecule has 0 radical (unpaired) electrons. The van der Waals surface area contributed by atoms with E-state index in [1.807, 2.05) is 54.6 Å². The molecule has 0 heterocycles. The Balaban J connectivity index is 2.14. The van der Waals surface area contributed by atoms with Gasteiger partial charge in [-0.3, -0.25) is 0 Å². The molecule has 0 fully saturated rings. The first-order valence-corrected chi connectivity index (χ1v) is 8.99. The normalized spacial score (nSPS) is 10.9. The summed E-state index contributed by atoms with van der Waals surface area (Å²) >= 11 is 0. The van der Waals surface area contributed by atoms with Crippen molar-refractivity contribution >= 4 is 24.5 Å². The third-order valence-electron chi connectivity index (χ3n) is 3.73. The molecule has 0 saturated heterocycles. The first-order chi connectivity index (χ1) is 12.1. The first kappa shape index (κ1) is 19.1. The van der Waals surface area contributed by atoms with Gasteiger partial charge < -0.3 is 14.5 Å². The predicted molar refractivity (Wildman–Crippen MR) is 107 cm³/mol. The molecule has 1 N–H and O–H groups in total. The molecule has 25 heavy (non-hydrogen) atoms. The summed E-state index contributed by atoms with van der Waals surface area (Å²) in [4.78, 5) is 0. The number of rotatable bonds is 9. The second-order valence-electron chi connectivity index (χ2n) is 6.11. The van der Waals surface area contributed by atoms with Gasteiger partial charge in [-0.1, -0.05) is 51.0 Å². The molecule has 2 rings (SSSR count). The molecular weight excluding hydrogens is 311 g/mol. The molecule has 0 amide bonds. The van der Waals surface area contributed by atoms with Crippen LogP contribution in [0.3, 0.4) is 0 Å². The topological polar surface area (TPSA) is 38.7 Å². The van der Waals surface area contributed by atoms with E-state index in [1.54, 1.807) is 6.82 Å². The summed E-state index contributed by atoms with van der Waals surface area (Å²) in [6.07, 6.45) is 6.04. The monoisotopic (exact) mass is 338 g/mol. The van der Waals surface area contributed by atoms with Crippen molar-refractivity contribution in [1.82, 2.24) is 0 Å². The fourth-order valence-corrected chi connectivity index (χ4v) is 2.37. The quantitative estimate of drug-likeness (QED) is 0.549. The second kappa shape index (κ2) is 9.95. The molecule has 0 atom stereocenters. The summed E-state index contributed by atoms with van der Waals surface area (Å²) in [5, 5.41) is 9.89. The van der Waals surface area contributed by atoms with Gasteiger partial charge in [-0.2, -0.15) is 0 Å². The van der Waals surface area contributed by atoms with Crippen LogP contribution >= 0.6 is 0 Å². The van der Waals surface area contributed by atoms with E-state index in [0.29, 0.717) is 6.61 Å². The van der Waals surface area contributed by atoms with Crippen LogP contribution < -0.4 is 14.9 Å². The highest BCUT2D eigenvalue weighted by Gasteiger charge is 2.09. The SMILES string of the molecule is CCCOc1ccc(/C=C/c2cc(OCCC)cc(B(C)O)c2)cc1. The van der Waals surface area contributed by atoms with Crippen LogP contribution in [0.25, 0.3) is 12.2 Å². The molecule has 2 aromatic rings. The van der Waals surface area contributed by atoms with Crippen molar-refractivity contribution in [2.75, 3.05) is 13.2 Å². The molecule has 3 nitrogen and oxygen atoms in total. The maximum Gasteiger partial charge on any atom is 0.320 e. The van der Waals surface area contributed by atoms with Crippen molar-refractivity contribution in [2.24, 2.45) is 0 Å². The van der Waals surface area contributed by atoms with Crippen molar-refractivity contribution in [3.63, 3.8) is 0 Å². The van der Waals surface area contributed by atoms with E-state index in [9.17, 15) is 5.02 Å². The lowest BCUT2D eigenvalue weighted by atomic mass is 9.64. The van der Waals surface area contributed by atoms with Gasteiger partial charge in [0, 0.05) is 0 Å². The van der Waals surface area contributed by atoms with Crippen molar-refractivity contribution in [1.29, 1.82) is 0 Å². The molecule has 0 aliphatic rings. The molecule has 0 spiro atoms. The average Bonchev–Trinajstić information content (AvgIpc) is 2.63. The van der Waals surface area contributed by atoms with Crippen molar-refractivity contribution in [3.8, 4) is 11.5 Å². The summed E-state index contributed by atoms with van der Waals surface area (Å²) in [7, 11) is 0. The zero-order chi connectivity index (χ0) is 18.1. The Kier molecular flexibility index (Phi) is 7.61. The van der Waals surface area contributed by atoms with E-state index in [1.165, 1.54) is 0 Å². The molecule has 0 unspecified atom stereocenters. The summed E-state index contributed by atoms with van der Waals surface area (Å²) in [5.74, 6) is 1.69. The van der Waals surface area contributed by atoms with Crippen molar-refractivity contribution < 1.29 is 14.5 Å². The summed E-state index contributed by atoms with van der Waals surface area (Å²) in [5.41, 5.74) is 2.97. The minimum absolute atomic E-state index is 0.521. The number of benzene rings is 2. The second-order valence-corrected chi connectivity index (χ2v) is 6.11. The molecule has 0 aromatic heterocycles. The van der Waals surface area contributed by atoms with E-state index < -0.39 is 6.92 Å². The first-order valence-electron chi connectivity index (χ1n) is 8.99. The van der Waals surface area contributed by atoms with Gasteiger partial charge in [0.15, 0.2) is 0 Å². The van der Waals surface area contributed by atoms with E-state index in [2.05, 4.69) is 13.8 Å². The van der Waals surface area contributed by atoms with Gasteiger partial charge in [-0.05, 0) is 53.7 Å². The largest absolute Gasteiger partial charge is 0.494 e. The smallest absolute Gasteiger partial charge is 0.320 e. The zero-order valence-corrected chi connectivity index (χ0v) is 15.4. The van der Waals surface area contributed by atoms with Crippen LogP contribution in [0.15, 0.2) is 42.5 Å². The fraction of sp³-hybridized carbons (Fsp3) is 0.333. The Labute approximate surface area is 151 Å². The van der Waals surface area contributed by atoms with Crippen LogP contribution in [-0.2, 0) is 0 Å². The Morgan fingerprint density at radius 3 is 2.04 bits per heavy atom. The highest BCUT2D eigenvalue weighted by atomic mass is 16.5. The van der Waals surface area contributed by atoms with E-state index in [0.717, 1.165) is 47.5 Å². The van der Waals surface area contributed by atoms with Gasteiger partial charge >= 0.3 is 6.92 Å². The Morgan fingerprint density at radius 1 is 0.840 bits per heavy atom. The molecule has 4 heteroatoms. The Bertz CT molecular complexity index is 678. The average molecular weight is 338 g/mol. The maximum absolute atomic E-state index is 9.89. The lowest BCUT2D eigenvalue weighted by Gasteiger charge is -2.09. The highest BCUT2D eigenvalue weighted by molar-refractivity contribution is 6.64. The fourth-order valence-electron chi connectivity index (χ4n) is 2.37. The standard InChI is InChI=1S/C21H27BO3/c1-4-12-24-20-10-8-17(9-11-20)6-7-18-14-19(22(3)23)16-21(15-18)25-13-5-2/h6-11,14-16,23H,4-5,12-13H2,1-3H3/b7-6+. The minimum atomic E-state index is -0.521. The zero-order valence-electron chi connectivity index (χ0n) is 15.4. The van der Waals surface area contributed by atoms with Gasteiger partial charge in [0.25, 0.3) is 0 Å². The van der Waals surface area contributed by atoms with Gasteiger partial charge in [0.05, 0.1) is 13.2 Å². The summed E-state index contributed by atoms with van der Waals surface area (Å²) in [6.45, 7) is 6.83. The number of ether oxygens (including phenoxy) is 2. The van der Waals surface area contributed by atoms with Crippen molar-refractivity contribution in [2.45, 2.75) is 33.5 Å². The highest BCUT2D eigenvalue weighted by Crippen LogP contribution is 2.17. The van der Waals surface area contributed by atoms with Crippen LogP contribution in [0.2, 0.25) is 6.82 Å². The summed E-state index contributed by atoms with van der Waals surface area (Å²) in [6, 6.07) is 13.9. The molecule has 132 valence electrons. The van der Waals surface area contributed by atoms with Gasteiger partial charge in [-0.15, -0.1) is 0 Å². The van der Waals surface area contributed by atoms with Crippen LogP contribution in [0, 0.1) is 0 Å². The van der Waals surface area contributed by atoms with E-state index in [4.69, 9.17) is 9.47 Å². The van der Waals surface area contributed by atoms with Gasteiger partial charge in [-0.25, -0.2) is 0 Å². The van der Waals surface area contributed by atoms with Crippen molar-refractivity contribution in [3.05, 3.63) is 53.6 Å². The molecule has 0 bridgehead atoms. The van der Waals surface area contributed by atoms with E-state index >= 15 is 0 Å². The summed E-state index contributed by atoms with van der Waals surface area (Å²) < 4.78 is 11.3. The minimum Gasteiger partial charge on any atom is -0.494 e.